The van der Waals surface area contributed by atoms with Crippen LogP contribution in [0.3, 0.4) is 0 Å². The van der Waals surface area contributed by atoms with Crippen molar-refractivity contribution in [3.05, 3.63) is 12.3 Å². The predicted octanol–water partition coefficient (Wildman–Crippen LogP) is 2.21. The van der Waals surface area contributed by atoms with Crippen LogP contribution in [0.4, 0.5) is 10.5 Å². The molecule has 1 aliphatic rings. The van der Waals surface area contributed by atoms with Crippen LogP contribution in [-0.2, 0) is 9.53 Å². The minimum absolute atomic E-state index is 0.0899. The number of rotatable bonds is 3. The fourth-order valence-electron chi connectivity index (χ4n) is 2.33. The van der Waals surface area contributed by atoms with E-state index in [9.17, 15) is 9.59 Å². The minimum Gasteiger partial charge on any atom is -0.472 e. The summed E-state index contributed by atoms with van der Waals surface area (Å²) in [5.41, 5.74) is -0.01000. The Bertz CT molecular complexity index is 592. The molecule has 0 atom stereocenters. The van der Waals surface area contributed by atoms with Gasteiger partial charge in [-0.3, -0.25) is 4.79 Å². The molecule has 0 bridgehead atoms. The highest BCUT2D eigenvalue weighted by Crippen LogP contribution is 2.24. The first-order chi connectivity index (χ1) is 11.2. The van der Waals surface area contributed by atoms with Crippen LogP contribution in [0, 0.1) is 0 Å². The third-order valence-electron chi connectivity index (χ3n) is 3.37. The van der Waals surface area contributed by atoms with Gasteiger partial charge in [0, 0.05) is 32.9 Å². The number of ether oxygens (including phenoxy) is 2. The van der Waals surface area contributed by atoms with Gasteiger partial charge in [-0.1, -0.05) is 0 Å². The molecule has 8 heteroatoms. The number of anilines is 1. The number of amides is 2. The van der Waals surface area contributed by atoms with Gasteiger partial charge >= 0.3 is 6.09 Å². The molecule has 1 N–H and O–H groups in total. The lowest BCUT2D eigenvalue weighted by atomic mass is 10.1. The number of hydrogen-bond acceptors (Lipinski definition) is 6. The lowest BCUT2D eigenvalue weighted by molar-refractivity contribution is -0.114. The Balaban J connectivity index is 1.90. The average molecular weight is 336 g/mol. The van der Waals surface area contributed by atoms with Crippen LogP contribution in [0.5, 0.6) is 5.88 Å². The van der Waals surface area contributed by atoms with Gasteiger partial charge < -0.3 is 19.7 Å². The number of carbonyl (C=O) groups excluding carboxylic acids is 2. The molecule has 0 saturated carbocycles. The van der Waals surface area contributed by atoms with Gasteiger partial charge in [0.15, 0.2) is 0 Å². The molecule has 2 heterocycles. The van der Waals surface area contributed by atoms with E-state index in [2.05, 4.69) is 15.5 Å². The zero-order valence-electron chi connectivity index (χ0n) is 14.5. The second kappa shape index (κ2) is 7.46. The third kappa shape index (κ3) is 5.36. The largest absolute Gasteiger partial charge is 0.472 e. The standard InChI is InChI=1S/C16H24N4O4/c1-11(21)18-13-5-8-17-19-14(13)23-12-6-9-20(10-7-12)15(22)24-16(2,3)4/h5,8,12H,6-7,9-10H2,1-4H3,(H,17,18,21). The number of nitrogens with zero attached hydrogens (tertiary/aromatic N) is 3. The Morgan fingerprint density at radius 2 is 1.96 bits per heavy atom. The molecule has 1 fully saturated rings. The third-order valence-corrected chi connectivity index (χ3v) is 3.37. The van der Waals surface area contributed by atoms with E-state index in [1.54, 1.807) is 11.0 Å². The van der Waals surface area contributed by atoms with E-state index in [-0.39, 0.29) is 18.1 Å². The lowest BCUT2D eigenvalue weighted by Crippen LogP contribution is -2.44. The summed E-state index contributed by atoms with van der Waals surface area (Å²) in [7, 11) is 0. The van der Waals surface area contributed by atoms with Crippen LogP contribution >= 0.6 is 0 Å². The highest BCUT2D eigenvalue weighted by atomic mass is 16.6. The van der Waals surface area contributed by atoms with Gasteiger partial charge in [0.1, 0.15) is 17.4 Å². The fraction of sp³-hybridized carbons (Fsp3) is 0.625. The van der Waals surface area contributed by atoms with E-state index >= 15 is 0 Å². The Hall–Kier alpha value is -2.38. The van der Waals surface area contributed by atoms with Crippen LogP contribution in [-0.4, -0.2) is 51.9 Å². The molecule has 132 valence electrons. The average Bonchev–Trinajstić information content (AvgIpc) is 2.48. The van der Waals surface area contributed by atoms with Crippen molar-refractivity contribution in [2.75, 3.05) is 18.4 Å². The summed E-state index contributed by atoms with van der Waals surface area (Å²) in [6, 6.07) is 1.64. The summed E-state index contributed by atoms with van der Waals surface area (Å²) in [4.78, 5) is 24.9. The molecule has 0 unspecified atom stereocenters. The summed E-state index contributed by atoms with van der Waals surface area (Å²) in [6.07, 6.45) is 2.42. The molecule has 0 aliphatic carbocycles. The predicted molar refractivity (Wildman–Crippen MR) is 87.8 cm³/mol. The molecular weight excluding hydrogens is 312 g/mol. The molecule has 0 radical (unpaired) electrons. The monoisotopic (exact) mass is 336 g/mol. The summed E-state index contributed by atoms with van der Waals surface area (Å²) in [6.45, 7) is 8.06. The first-order valence-corrected chi connectivity index (χ1v) is 7.98. The number of likely N-dealkylation sites (tertiary alicyclic amines) is 1. The summed E-state index contributed by atoms with van der Waals surface area (Å²) < 4.78 is 11.2. The molecule has 24 heavy (non-hydrogen) atoms. The summed E-state index contributed by atoms with van der Waals surface area (Å²) in [5, 5.41) is 10.4. The SMILES string of the molecule is CC(=O)Nc1ccnnc1OC1CCN(C(=O)OC(C)(C)C)CC1. The van der Waals surface area contributed by atoms with E-state index in [1.807, 2.05) is 20.8 Å². The van der Waals surface area contributed by atoms with Crippen molar-refractivity contribution >= 4 is 17.7 Å². The number of carbonyl (C=O) groups is 2. The van der Waals surface area contributed by atoms with Crippen molar-refractivity contribution < 1.29 is 19.1 Å². The maximum atomic E-state index is 12.0. The van der Waals surface area contributed by atoms with E-state index < -0.39 is 5.60 Å². The zero-order chi connectivity index (χ0) is 17.7. The van der Waals surface area contributed by atoms with Gasteiger partial charge in [0.25, 0.3) is 5.88 Å². The molecule has 1 aromatic heterocycles. The maximum Gasteiger partial charge on any atom is 0.410 e. The molecule has 1 aromatic rings. The van der Waals surface area contributed by atoms with Crippen LogP contribution in [0.15, 0.2) is 12.3 Å². The van der Waals surface area contributed by atoms with E-state index in [4.69, 9.17) is 9.47 Å². The van der Waals surface area contributed by atoms with Gasteiger partial charge in [0.2, 0.25) is 5.91 Å². The Morgan fingerprint density at radius 3 is 2.54 bits per heavy atom. The summed E-state index contributed by atoms with van der Waals surface area (Å²) >= 11 is 0. The maximum absolute atomic E-state index is 12.0. The van der Waals surface area contributed by atoms with Crippen LogP contribution in [0.2, 0.25) is 0 Å². The molecule has 2 rings (SSSR count). The van der Waals surface area contributed by atoms with E-state index in [0.29, 0.717) is 37.5 Å². The number of piperidine rings is 1. The van der Waals surface area contributed by atoms with Gasteiger partial charge in [-0.2, -0.15) is 5.10 Å². The van der Waals surface area contributed by atoms with Gasteiger partial charge in [-0.25, -0.2) is 4.79 Å². The van der Waals surface area contributed by atoms with Crippen molar-refractivity contribution in [3.63, 3.8) is 0 Å². The van der Waals surface area contributed by atoms with Gasteiger partial charge in [0.05, 0.1) is 6.20 Å². The topological polar surface area (TPSA) is 93.6 Å². The molecule has 1 aliphatic heterocycles. The van der Waals surface area contributed by atoms with Gasteiger partial charge in [-0.15, -0.1) is 5.10 Å². The van der Waals surface area contributed by atoms with Crippen molar-refractivity contribution in [3.8, 4) is 5.88 Å². The molecule has 0 spiro atoms. The van der Waals surface area contributed by atoms with Gasteiger partial charge in [-0.05, 0) is 26.8 Å². The second-order valence-corrected chi connectivity index (χ2v) is 6.72. The highest BCUT2D eigenvalue weighted by molar-refractivity contribution is 5.89. The molecule has 2 amide bonds. The smallest absolute Gasteiger partial charge is 0.410 e. The van der Waals surface area contributed by atoms with Crippen molar-refractivity contribution in [2.45, 2.75) is 52.2 Å². The van der Waals surface area contributed by atoms with Crippen molar-refractivity contribution in [1.82, 2.24) is 15.1 Å². The lowest BCUT2D eigenvalue weighted by Gasteiger charge is -2.33. The number of nitrogens with one attached hydrogen (secondary N) is 1. The first-order valence-electron chi connectivity index (χ1n) is 7.98. The highest BCUT2D eigenvalue weighted by Gasteiger charge is 2.28. The number of aromatic nitrogens is 2. The second-order valence-electron chi connectivity index (χ2n) is 6.72. The van der Waals surface area contributed by atoms with Crippen LogP contribution < -0.4 is 10.1 Å². The first kappa shape index (κ1) is 18.0. The summed E-state index contributed by atoms with van der Waals surface area (Å²) in [5.74, 6) is 0.0935. The molecule has 1 saturated heterocycles. The fourth-order valence-corrected chi connectivity index (χ4v) is 2.33. The van der Waals surface area contributed by atoms with Crippen molar-refractivity contribution in [1.29, 1.82) is 0 Å². The van der Waals surface area contributed by atoms with Crippen LogP contribution in [0.25, 0.3) is 0 Å². The molecule has 0 aromatic carbocycles. The Kier molecular flexibility index (Phi) is 5.58. The number of hydrogen-bond donors (Lipinski definition) is 1. The Labute approximate surface area is 141 Å². The normalized spacial score (nSPS) is 15.8. The minimum atomic E-state index is -0.503. The van der Waals surface area contributed by atoms with E-state index in [1.165, 1.54) is 13.1 Å². The quantitative estimate of drug-likeness (QED) is 0.909. The van der Waals surface area contributed by atoms with Crippen LogP contribution in [0.1, 0.15) is 40.5 Å². The van der Waals surface area contributed by atoms with E-state index in [0.717, 1.165) is 0 Å². The molecule has 8 nitrogen and oxygen atoms in total. The zero-order valence-corrected chi connectivity index (χ0v) is 14.5. The van der Waals surface area contributed by atoms with Crippen molar-refractivity contribution in [2.24, 2.45) is 0 Å². The Morgan fingerprint density at radius 1 is 1.29 bits per heavy atom. The molecular formula is C16H24N4O4.